The van der Waals surface area contributed by atoms with E-state index in [4.69, 9.17) is 10.0 Å². The van der Waals surface area contributed by atoms with Gasteiger partial charge >= 0.3 is 7.12 Å². The Morgan fingerprint density at radius 2 is 2.08 bits per heavy atom. The van der Waals surface area contributed by atoms with Gasteiger partial charge in [-0.25, -0.2) is 0 Å². The second-order valence-corrected chi connectivity index (χ2v) is 2.89. The van der Waals surface area contributed by atoms with Gasteiger partial charge in [-0.2, -0.15) is 0 Å². The van der Waals surface area contributed by atoms with E-state index in [1.807, 2.05) is 18.2 Å². The maximum Gasteiger partial charge on any atom is 0.499 e. The van der Waals surface area contributed by atoms with Crippen molar-refractivity contribution in [3.05, 3.63) is 40.8 Å². The smallest absolute Gasteiger partial charge is 0.423 e. The lowest BCUT2D eigenvalue weighted by molar-refractivity contribution is 0.425. The Morgan fingerprint density at radius 3 is 2.85 bits per heavy atom. The fourth-order valence-corrected chi connectivity index (χ4v) is 1.29. The molecule has 0 atom stereocenters. The van der Waals surface area contributed by atoms with Crippen LogP contribution in [0.4, 0.5) is 0 Å². The predicted molar refractivity (Wildman–Crippen MR) is 52.5 cm³/mol. The normalized spacial score (nSPS) is 12.2. The maximum atomic E-state index is 8.92. The lowest BCUT2D eigenvalue weighted by atomic mass is 9.80. The average molecular weight is 171 g/mol. The Bertz CT molecular complexity index is 460. The quantitative estimate of drug-likeness (QED) is 0.393. The van der Waals surface area contributed by atoms with Crippen molar-refractivity contribution >= 4 is 24.7 Å². The van der Waals surface area contributed by atoms with Gasteiger partial charge in [0.05, 0.1) is 11.3 Å². The van der Waals surface area contributed by atoms with Gasteiger partial charge in [0.1, 0.15) is 0 Å². The third kappa shape index (κ3) is 1.53. The van der Waals surface area contributed by atoms with Crippen LogP contribution in [0, 0.1) is 0 Å². The van der Waals surface area contributed by atoms with Gasteiger partial charge in [-0.05, 0) is 12.1 Å². The monoisotopic (exact) mass is 171 g/mol. The zero-order valence-electron chi connectivity index (χ0n) is 6.94. The van der Waals surface area contributed by atoms with E-state index in [0.29, 0.717) is 5.46 Å². The number of rotatable bonds is 1. The van der Waals surface area contributed by atoms with Crippen molar-refractivity contribution in [2.24, 2.45) is 0 Å². The Morgan fingerprint density at radius 1 is 1.23 bits per heavy atom. The Hall–Kier alpha value is -1.41. The van der Waals surface area contributed by atoms with Gasteiger partial charge in [-0.1, -0.05) is 0 Å². The van der Waals surface area contributed by atoms with Gasteiger partial charge in [0.2, 0.25) is 0 Å². The van der Waals surface area contributed by atoms with Gasteiger partial charge < -0.3 is 10.0 Å². The summed E-state index contributed by atoms with van der Waals surface area (Å²) in [5, 5.41) is 19.8. The van der Waals surface area contributed by atoms with Crippen LogP contribution in [-0.4, -0.2) is 17.2 Å². The third-order valence-corrected chi connectivity index (χ3v) is 1.99. The summed E-state index contributed by atoms with van der Waals surface area (Å²) >= 11 is 0. The molecule has 2 nitrogen and oxygen atoms in total. The molecular weight excluding hydrogens is 163 g/mol. The number of hydrogen-bond donors (Lipinski definition) is 2. The van der Waals surface area contributed by atoms with Gasteiger partial charge in [-0.15, -0.1) is 0 Å². The summed E-state index contributed by atoms with van der Waals surface area (Å²) in [5.74, 6) is 0. The van der Waals surface area contributed by atoms with E-state index in [9.17, 15) is 0 Å². The van der Waals surface area contributed by atoms with E-state index >= 15 is 0 Å². The second kappa shape index (κ2) is 3.15. The minimum absolute atomic E-state index is 0.495. The highest BCUT2D eigenvalue weighted by molar-refractivity contribution is 6.58. The zero-order chi connectivity index (χ0) is 9.26. The molecule has 3 heteroatoms. The molecule has 0 aliphatic heterocycles. The molecule has 2 N–H and O–H groups in total. The molecule has 1 aliphatic carbocycles. The molecule has 0 radical (unpaired) electrons. The van der Waals surface area contributed by atoms with Gasteiger partial charge in [0, 0.05) is 29.8 Å². The molecule has 1 aromatic carbocycles. The van der Waals surface area contributed by atoms with Crippen molar-refractivity contribution in [2.45, 2.75) is 0 Å². The molecule has 1 aromatic rings. The lowest BCUT2D eigenvalue weighted by Gasteiger charge is -1.94. The first-order valence-electron chi connectivity index (χ1n) is 4.04. The highest BCUT2D eigenvalue weighted by Gasteiger charge is 2.13. The zero-order valence-corrected chi connectivity index (χ0v) is 6.94. The van der Waals surface area contributed by atoms with Crippen LogP contribution in [0.15, 0.2) is 30.4 Å². The standard InChI is InChI=1S/C10H8BO2/c12-11(13)10-6-5-8-3-1-2-4-9(8)7-10/h1-3,5-7,12-13H/q+1. The molecule has 0 bridgehead atoms. The van der Waals surface area contributed by atoms with E-state index in [0.717, 1.165) is 10.4 Å². The molecule has 0 heterocycles. The number of allylic oxidation sites excluding steroid dienone is 2. The number of benzene rings is 1. The first-order chi connectivity index (χ1) is 6.27. The van der Waals surface area contributed by atoms with Crippen LogP contribution in [0.25, 0.3) is 12.2 Å². The Labute approximate surface area is 76.3 Å². The molecule has 0 fully saturated rings. The van der Waals surface area contributed by atoms with Gasteiger partial charge in [0.15, 0.2) is 5.22 Å². The fraction of sp³-hybridized carbons (Fsp3) is 0. The minimum atomic E-state index is -1.40. The molecule has 0 saturated heterocycles. The molecule has 0 amide bonds. The van der Waals surface area contributed by atoms with Crippen molar-refractivity contribution in [3.63, 3.8) is 0 Å². The summed E-state index contributed by atoms with van der Waals surface area (Å²) in [5.41, 5.74) is 0.495. The van der Waals surface area contributed by atoms with Crippen molar-refractivity contribution in [2.75, 3.05) is 0 Å². The summed E-state index contributed by atoms with van der Waals surface area (Å²) in [7, 11) is -1.40. The Kier molecular flexibility index (Phi) is 1.99. The number of fused-ring (bicyclic) bond motifs is 1. The predicted octanol–water partition coefficient (Wildman–Crippen LogP) is -1.63. The molecule has 0 saturated carbocycles. The van der Waals surface area contributed by atoms with E-state index < -0.39 is 7.12 Å². The summed E-state index contributed by atoms with van der Waals surface area (Å²) < 4.78 is 0. The highest BCUT2D eigenvalue weighted by atomic mass is 16.4. The van der Waals surface area contributed by atoms with Crippen LogP contribution >= 0.6 is 0 Å². The SMILES string of the molecule is OB(O)c1ccc2c(c1)=[C+]C=CC=2. The van der Waals surface area contributed by atoms with E-state index in [1.54, 1.807) is 18.2 Å². The maximum absolute atomic E-state index is 8.92. The second-order valence-electron chi connectivity index (χ2n) is 2.89. The molecule has 62 valence electrons. The molecule has 13 heavy (non-hydrogen) atoms. The molecule has 0 unspecified atom stereocenters. The van der Waals surface area contributed by atoms with Crippen molar-refractivity contribution in [3.8, 4) is 0 Å². The van der Waals surface area contributed by atoms with Crippen LogP contribution in [0.1, 0.15) is 0 Å². The molecular formula is C10H8BO2+. The van der Waals surface area contributed by atoms with Crippen molar-refractivity contribution in [1.29, 1.82) is 0 Å². The van der Waals surface area contributed by atoms with Gasteiger partial charge in [0.25, 0.3) is 0 Å². The first kappa shape index (κ1) is 8.20. The highest BCUT2D eigenvalue weighted by Crippen LogP contribution is 1.82. The van der Waals surface area contributed by atoms with Gasteiger partial charge in [-0.3, -0.25) is 0 Å². The topological polar surface area (TPSA) is 40.5 Å². The summed E-state index contributed by atoms with van der Waals surface area (Å²) in [6.07, 6.45) is 8.68. The molecule has 1 aliphatic rings. The fourth-order valence-electron chi connectivity index (χ4n) is 1.29. The summed E-state index contributed by atoms with van der Waals surface area (Å²) in [6, 6.07) is 5.27. The van der Waals surface area contributed by atoms with Crippen molar-refractivity contribution < 1.29 is 10.0 Å². The van der Waals surface area contributed by atoms with Crippen LogP contribution in [0.2, 0.25) is 0 Å². The lowest BCUT2D eigenvalue weighted by Crippen LogP contribution is -2.37. The third-order valence-electron chi connectivity index (χ3n) is 1.99. The molecule has 2 rings (SSSR count). The summed E-state index contributed by atoms with van der Waals surface area (Å²) in [6.45, 7) is 0. The summed E-state index contributed by atoms with van der Waals surface area (Å²) in [4.78, 5) is 0. The van der Waals surface area contributed by atoms with Crippen LogP contribution in [-0.2, 0) is 0 Å². The van der Waals surface area contributed by atoms with E-state index in [1.165, 1.54) is 0 Å². The average Bonchev–Trinajstić information content (AvgIpc) is 2.17. The van der Waals surface area contributed by atoms with Crippen LogP contribution in [0.5, 0.6) is 0 Å². The first-order valence-corrected chi connectivity index (χ1v) is 4.04. The number of hydrogen-bond acceptors (Lipinski definition) is 2. The van der Waals surface area contributed by atoms with E-state index in [-0.39, 0.29) is 0 Å². The van der Waals surface area contributed by atoms with E-state index in [2.05, 4.69) is 6.08 Å². The Balaban J connectivity index is 2.64. The van der Waals surface area contributed by atoms with Crippen molar-refractivity contribution in [1.82, 2.24) is 0 Å². The molecule has 0 spiro atoms. The van der Waals surface area contributed by atoms with Crippen LogP contribution in [0.3, 0.4) is 0 Å². The molecule has 0 aromatic heterocycles. The minimum Gasteiger partial charge on any atom is -0.423 e. The largest absolute Gasteiger partial charge is 0.499 e. The van der Waals surface area contributed by atoms with Crippen LogP contribution < -0.4 is 15.9 Å².